The molecule has 0 aliphatic carbocycles. The first kappa shape index (κ1) is 25.0. The largest absolute Gasteiger partial charge is 0.574 e. The minimum absolute atomic E-state index is 0.0225. The Hall–Kier alpha value is -3.65. The Morgan fingerprint density at radius 3 is 2.41 bits per heavy atom. The van der Waals surface area contributed by atoms with Crippen LogP contribution in [0, 0.1) is 5.82 Å². The van der Waals surface area contributed by atoms with Crippen LogP contribution in [0.2, 0.25) is 0 Å². The van der Waals surface area contributed by atoms with Gasteiger partial charge < -0.3 is 20.7 Å². The average molecular weight is 495 g/mol. The van der Waals surface area contributed by atoms with Crippen LogP contribution < -0.4 is 15.8 Å². The molecule has 2 aromatic heterocycles. The summed E-state index contributed by atoms with van der Waals surface area (Å²) in [5.41, 5.74) is 0.883. The van der Waals surface area contributed by atoms with Crippen LogP contribution >= 0.6 is 0 Å². The highest BCUT2D eigenvalue weighted by molar-refractivity contribution is 5.93. The summed E-state index contributed by atoms with van der Waals surface area (Å²) in [7, 11) is 0. The molecule has 184 valence electrons. The Kier molecular flexibility index (Phi) is 6.32. The second-order valence-electron chi connectivity index (χ2n) is 7.37. The summed E-state index contributed by atoms with van der Waals surface area (Å²) in [6.45, 7) is 1.03. The summed E-state index contributed by atoms with van der Waals surface area (Å²) in [5, 5.41) is 2.47. The van der Waals surface area contributed by atoms with E-state index in [1.165, 1.54) is 6.92 Å². The predicted octanol–water partition coefficient (Wildman–Crippen LogP) is 2.93. The quantitative estimate of drug-likeness (QED) is 0.634. The molecule has 2 atom stereocenters. The normalized spacial score (nSPS) is 20.0. The zero-order valence-electron chi connectivity index (χ0n) is 17.2. The van der Waals surface area contributed by atoms with Crippen molar-refractivity contribution in [2.45, 2.75) is 30.9 Å². The highest BCUT2D eigenvalue weighted by atomic mass is 19.4. The number of hydrogen-bond donors (Lipinski definition) is 2. The standard InChI is InChI=1S/C19H16F7N5O3/c1-17(15(32)28-6-7-31(17)16(27)33)13(9-2-5-12(29-8-9)34-19(24,25)26)11-4-3-10(20)14(30-11)18(21,22)23/h2-5,8,13H,6-7H2,1H3,(H2,27,33)(H,28,32)/t13-,17?/m0/s1. The van der Waals surface area contributed by atoms with Gasteiger partial charge in [0.05, 0.1) is 11.6 Å². The molecule has 1 fully saturated rings. The van der Waals surface area contributed by atoms with Crippen molar-refractivity contribution in [3.8, 4) is 5.88 Å². The molecule has 3 rings (SSSR count). The lowest BCUT2D eigenvalue weighted by Crippen LogP contribution is -2.68. The van der Waals surface area contributed by atoms with Gasteiger partial charge in [-0.2, -0.15) is 13.2 Å². The maximum atomic E-state index is 13.9. The van der Waals surface area contributed by atoms with E-state index >= 15 is 0 Å². The van der Waals surface area contributed by atoms with Crippen molar-refractivity contribution in [3.05, 3.63) is 53.2 Å². The first-order chi connectivity index (χ1) is 15.6. The molecule has 3 heterocycles. The average Bonchev–Trinajstić information content (AvgIpc) is 2.70. The Labute approximate surface area is 186 Å². The summed E-state index contributed by atoms with van der Waals surface area (Å²) in [6, 6.07) is 2.02. The zero-order chi connectivity index (χ0) is 25.5. The molecule has 1 aliphatic rings. The molecular weight excluding hydrogens is 479 g/mol. The third-order valence-electron chi connectivity index (χ3n) is 5.21. The van der Waals surface area contributed by atoms with E-state index in [1.807, 2.05) is 0 Å². The van der Waals surface area contributed by atoms with Gasteiger partial charge in [-0.1, -0.05) is 6.07 Å². The van der Waals surface area contributed by atoms with Crippen LogP contribution in [0.1, 0.15) is 29.8 Å². The minimum Gasteiger partial charge on any atom is -0.388 e. The first-order valence-electron chi connectivity index (χ1n) is 9.45. The lowest BCUT2D eigenvalue weighted by molar-refractivity contribution is -0.276. The number of hydrogen-bond acceptors (Lipinski definition) is 5. The molecule has 3 N–H and O–H groups in total. The molecule has 0 radical (unpaired) electrons. The zero-order valence-corrected chi connectivity index (χ0v) is 17.2. The van der Waals surface area contributed by atoms with E-state index in [2.05, 4.69) is 20.0 Å². The lowest BCUT2D eigenvalue weighted by atomic mass is 9.75. The SMILES string of the molecule is CC1([C@@H](c2ccc(OC(F)(F)F)nc2)c2ccc(F)c(C(F)(F)F)n2)C(=O)NCCN1C(N)=O. The summed E-state index contributed by atoms with van der Waals surface area (Å²) >= 11 is 0. The van der Waals surface area contributed by atoms with Crippen molar-refractivity contribution in [1.29, 1.82) is 0 Å². The number of aromatic nitrogens is 2. The van der Waals surface area contributed by atoms with E-state index in [9.17, 15) is 40.3 Å². The Morgan fingerprint density at radius 1 is 1.21 bits per heavy atom. The Balaban J connectivity index is 2.23. The second-order valence-corrected chi connectivity index (χ2v) is 7.37. The van der Waals surface area contributed by atoms with Crippen molar-refractivity contribution >= 4 is 11.9 Å². The van der Waals surface area contributed by atoms with E-state index < -0.39 is 59.0 Å². The number of nitrogens with zero attached hydrogens (tertiary/aromatic N) is 3. The van der Waals surface area contributed by atoms with E-state index in [-0.39, 0.29) is 18.7 Å². The molecule has 8 nitrogen and oxygen atoms in total. The number of piperazine rings is 1. The fraction of sp³-hybridized carbons (Fsp3) is 0.368. The van der Waals surface area contributed by atoms with E-state index in [0.29, 0.717) is 6.07 Å². The van der Waals surface area contributed by atoms with Crippen LogP contribution in [-0.4, -0.2) is 51.8 Å². The number of nitrogens with two attached hydrogens (primary N) is 1. The summed E-state index contributed by atoms with van der Waals surface area (Å²) in [6.07, 6.45) is -9.45. The third-order valence-corrected chi connectivity index (χ3v) is 5.21. The molecule has 2 aromatic rings. The fourth-order valence-corrected chi connectivity index (χ4v) is 3.78. The van der Waals surface area contributed by atoms with Crippen molar-refractivity contribution in [2.75, 3.05) is 13.1 Å². The van der Waals surface area contributed by atoms with Gasteiger partial charge in [0.2, 0.25) is 11.8 Å². The van der Waals surface area contributed by atoms with Gasteiger partial charge in [0.15, 0.2) is 11.5 Å². The smallest absolute Gasteiger partial charge is 0.388 e. The Morgan fingerprint density at radius 2 is 1.88 bits per heavy atom. The number of urea groups is 1. The molecule has 1 unspecified atom stereocenters. The van der Waals surface area contributed by atoms with Crippen LogP contribution in [0.25, 0.3) is 0 Å². The highest BCUT2D eigenvalue weighted by Gasteiger charge is 2.52. The molecular formula is C19H16F7N5O3. The summed E-state index contributed by atoms with van der Waals surface area (Å²) in [5.74, 6) is -4.96. The topological polar surface area (TPSA) is 110 Å². The van der Waals surface area contributed by atoms with Gasteiger partial charge in [-0.15, -0.1) is 13.2 Å². The van der Waals surface area contributed by atoms with E-state index in [1.54, 1.807) is 0 Å². The van der Waals surface area contributed by atoms with Crippen molar-refractivity contribution in [3.63, 3.8) is 0 Å². The molecule has 0 aromatic carbocycles. The minimum atomic E-state index is -5.20. The number of primary amides is 1. The van der Waals surface area contributed by atoms with Crippen molar-refractivity contribution in [2.24, 2.45) is 5.73 Å². The fourth-order valence-electron chi connectivity index (χ4n) is 3.78. The molecule has 0 bridgehead atoms. The molecule has 0 spiro atoms. The first-order valence-corrected chi connectivity index (χ1v) is 9.45. The lowest BCUT2D eigenvalue weighted by Gasteiger charge is -2.47. The van der Waals surface area contributed by atoms with Gasteiger partial charge in [0.1, 0.15) is 5.54 Å². The van der Waals surface area contributed by atoms with Gasteiger partial charge in [-0.25, -0.2) is 19.2 Å². The predicted molar refractivity (Wildman–Crippen MR) is 99.7 cm³/mol. The van der Waals surface area contributed by atoms with Crippen molar-refractivity contribution < 1.29 is 45.1 Å². The Bertz CT molecular complexity index is 1090. The molecule has 3 amide bonds. The van der Waals surface area contributed by atoms with Crippen LogP contribution in [-0.2, 0) is 11.0 Å². The maximum absolute atomic E-state index is 13.9. The highest BCUT2D eigenvalue weighted by Crippen LogP contribution is 2.41. The summed E-state index contributed by atoms with van der Waals surface area (Å²) < 4.78 is 95.0. The monoisotopic (exact) mass is 495 g/mol. The third kappa shape index (κ3) is 4.82. The number of halogens is 7. The van der Waals surface area contributed by atoms with Crippen LogP contribution in [0.15, 0.2) is 30.5 Å². The van der Waals surface area contributed by atoms with Gasteiger partial charge in [0, 0.05) is 25.4 Å². The van der Waals surface area contributed by atoms with Crippen LogP contribution in [0.3, 0.4) is 0 Å². The van der Waals surface area contributed by atoms with Gasteiger partial charge in [-0.05, 0) is 24.6 Å². The van der Waals surface area contributed by atoms with Gasteiger partial charge in [-0.3, -0.25) is 4.79 Å². The summed E-state index contributed by atoms with van der Waals surface area (Å²) in [4.78, 5) is 32.8. The van der Waals surface area contributed by atoms with E-state index in [0.717, 1.165) is 29.3 Å². The number of ether oxygens (including phenoxy) is 1. The molecule has 15 heteroatoms. The van der Waals surface area contributed by atoms with Crippen molar-refractivity contribution in [1.82, 2.24) is 20.2 Å². The number of nitrogens with one attached hydrogen (secondary N) is 1. The number of pyridine rings is 2. The molecule has 34 heavy (non-hydrogen) atoms. The number of carbonyl (C=O) groups excluding carboxylic acids is 2. The second kappa shape index (κ2) is 8.61. The number of carbonyl (C=O) groups is 2. The molecule has 1 aliphatic heterocycles. The van der Waals surface area contributed by atoms with Crippen LogP contribution in [0.5, 0.6) is 5.88 Å². The van der Waals surface area contributed by atoms with E-state index in [4.69, 9.17) is 5.73 Å². The van der Waals surface area contributed by atoms with Gasteiger partial charge in [0.25, 0.3) is 0 Å². The molecule has 1 saturated heterocycles. The molecule has 0 saturated carbocycles. The number of rotatable bonds is 4. The number of amides is 3. The van der Waals surface area contributed by atoms with Gasteiger partial charge >= 0.3 is 18.6 Å². The number of alkyl halides is 6. The van der Waals surface area contributed by atoms with Crippen LogP contribution in [0.4, 0.5) is 35.5 Å². The maximum Gasteiger partial charge on any atom is 0.574 e.